The van der Waals surface area contributed by atoms with Crippen LogP contribution < -0.4 is 11.3 Å². The predicted octanol–water partition coefficient (Wildman–Crippen LogP) is 1.81. The number of hydrogen-bond acceptors (Lipinski definition) is 3. The van der Waals surface area contributed by atoms with Crippen molar-refractivity contribution in [3.63, 3.8) is 0 Å². The van der Waals surface area contributed by atoms with E-state index in [2.05, 4.69) is 26.5 Å². The number of nitrogens with zero attached hydrogens (tertiary/aromatic N) is 2. The van der Waals surface area contributed by atoms with Crippen molar-refractivity contribution in [2.75, 3.05) is 0 Å². The van der Waals surface area contributed by atoms with Crippen molar-refractivity contribution in [2.45, 2.75) is 46.1 Å². The van der Waals surface area contributed by atoms with E-state index in [0.29, 0.717) is 6.42 Å². The summed E-state index contributed by atoms with van der Waals surface area (Å²) in [7, 11) is 0. The fourth-order valence-electron chi connectivity index (χ4n) is 1.69. The number of amides is 1. The van der Waals surface area contributed by atoms with Gasteiger partial charge in [-0.2, -0.15) is 5.10 Å². The lowest BCUT2D eigenvalue weighted by molar-refractivity contribution is -0.121. The van der Waals surface area contributed by atoms with E-state index in [1.807, 2.05) is 18.5 Å². The van der Waals surface area contributed by atoms with Crippen molar-refractivity contribution in [2.24, 2.45) is 5.84 Å². The van der Waals surface area contributed by atoms with E-state index < -0.39 is 0 Å². The molecule has 0 aliphatic heterocycles. The van der Waals surface area contributed by atoms with Gasteiger partial charge < -0.3 is 0 Å². The van der Waals surface area contributed by atoms with Crippen molar-refractivity contribution >= 4 is 21.8 Å². The predicted molar refractivity (Wildman–Crippen MR) is 70.2 cm³/mol. The number of rotatable bonds is 6. The van der Waals surface area contributed by atoms with Crippen LogP contribution in [-0.2, 0) is 11.3 Å². The van der Waals surface area contributed by atoms with Gasteiger partial charge in [-0.3, -0.25) is 14.9 Å². The smallest absolute Gasteiger partial charge is 0.233 e. The van der Waals surface area contributed by atoms with Gasteiger partial charge >= 0.3 is 0 Å². The van der Waals surface area contributed by atoms with Gasteiger partial charge in [-0.15, -0.1) is 0 Å². The number of hydrazine groups is 1. The summed E-state index contributed by atoms with van der Waals surface area (Å²) < 4.78 is 3.09. The molecule has 1 aromatic rings. The summed E-state index contributed by atoms with van der Waals surface area (Å²) in [5.41, 5.74) is 4.30. The molecule has 0 radical (unpaired) electrons. The molecular formula is C11H19BrN4O. The first kappa shape index (κ1) is 14.2. The van der Waals surface area contributed by atoms with Crippen LogP contribution in [0.5, 0.6) is 0 Å². The van der Waals surface area contributed by atoms with E-state index in [9.17, 15) is 4.79 Å². The van der Waals surface area contributed by atoms with Crippen LogP contribution in [0.4, 0.5) is 0 Å². The van der Waals surface area contributed by atoms with Crippen LogP contribution in [0.1, 0.15) is 37.1 Å². The zero-order valence-corrected chi connectivity index (χ0v) is 11.9. The molecule has 0 aliphatic rings. The minimum atomic E-state index is -0.0983. The third-order valence-corrected chi connectivity index (χ3v) is 3.88. The van der Waals surface area contributed by atoms with Crippen molar-refractivity contribution in [1.82, 2.24) is 15.2 Å². The summed E-state index contributed by atoms with van der Waals surface area (Å²) in [4.78, 5) is 10.9. The molecule has 96 valence electrons. The molecule has 0 saturated heterocycles. The first-order chi connectivity index (χ1) is 8.06. The Morgan fingerprint density at radius 2 is 2.12 bits per heavy atom. The van der Waals surface area contributed by atoms with Crippen molar-refractivity contribution < 1.29 is 4.79 Å². The van der Waals surface area contributed by atoms with E-state index in [1.54, 1.807) is 0 Å². The fourth-order valence-corrected chi connectivity index (χ4v) is 1.97. The molecule has 0 bridgehead atoms. The number of carbonyl (C=O) groups is 1. The molecule has 3 N–H and O–H groups in total. The van der Waals surface area contributed by atoms with Gasteiger partial charge in [-0.25, -0.2) is 5.84 Å². The summed E-state index contributed by atoms with van der Waals surface area (Å²) in [6.07, 6.45) is 3.39. The molecule has 0 aliphatic carbocycles. The second-order valence-corrected chi connectivity index (χ2v) is 4.88. The maximum atomic E-state index is 10.9. The average Bonchev–Trinajstić information content (AvgIpc) is 2.56. The number of aromatic nitrogens is 2. The average molecular weight is 303 g/mol. The van der Waals surface area contributed by atoms with Crippen LogP contribution in [0.15, 0.2) is 4.47 Å². The standard InChI is InChI=1S/C11H19BrN4O/c1-8-11(12)9(2)16(15-8)7-5-3-4-6-10(17)14-13/h3-7,13H2,1-2H3,(H,14,17). The quantitative estimate of drug-likeness (QED) is 0.364. The molecule has 0 atom stereocenters. The van der Waals surface area contributed by atoms with Crippen LogP contribution in [0.3, 0.4) is 0 Å². The highest BCUT2D eigenvalue weighted by molar-refractivity contribution is 9.10. The molecular weight excluding hydrogens is 284 g/mol. The lowest BCUT2D eigenvalue weighted by atomic mass is 10.2. The van der Waals surface area contributed by atoms with E-state index in [1.165, 1.54) is 0 Å². The Morgan fingerprint density at radius 3 is 2.65 bits per heavy atom. The maximum Gasteiger partial charge on any atom is 0.233 e. The highest BCUT2D eigenvalue weighted by atomic mass is 79.9. The van der Waals surface area contributed by atoms with Gasteiger partial charge in [-0.1, -0.05) is 6.42 Å². The molecule has 6 heteroatoms. The minimum Gasteiger partial charge on any atom is -0.294 e. The van der Waals surface area contributed by atoms with E-state index >= 15 is 0 Å². The lowest BCUT2D eigenvalue weighted by Gasteiger charge is -2.04. The number of hydrogen-bond donors (Lipinski definition) is 2. The molecule has 17 heavy (non-hydrogen) atoms. The van der Waals surface area contributed by atoms with Crippen LogP contribution in [0.2, 0.25) is 0 Å². The van der Waals surface area contributed by atoms with Crippen molar-refractivity contribution in [3.05, 3.63) is 15.9 Å². The van der Waals surface area contributed by atoms with E-state index in [-0.39, 0.29) is 5.91 Å². The first-order valence-corrected chi connectivity index (χ1v) is 6.54. The van der Waals surface area contributed by atoms with Crippen LogP contribution in [0, 0.1) is 13.8 Å². The zero-order chi connectivity index (χ0) is 12.8. The molecule has 0 unspecified atom stereocenters. The van der Waals surface area contributed by atoms with Crippen molar-refractivity contribution in [3.8, 4) is 0 Å². The van der Waals surface area contributed by atoms with Crippen LogP contribution in [0.25, 0.3) is 0 Å². The minimum absolute atomic E-state index is 0.0983. The molecule has 0 aromatic carbocycles. The first-order valence-electron chi connectivity index (χ1n) is 5.75. The summed E-state index contributed by atoms with van der Waals surface area (Å²) in [6, 6.07) is 0. The molecule has 1 heterocycles. The summed E-state index contributed by atoms with van der Waals surface area (Å²) >= 11 is 3.50. The Morgan fingerprint density at radius 1 is 1.41 bits per heavy atom. The van der Waals surface area contributed by atoms with Crippen LogP contribution in [-0.4, -0.2) is 15.7 Å². The van der Waals surface area contributed by atoms with Crippen LogP contribution >= 0.6 is 15.9 Å². The van der Waals surface area contributed by atoms with Gasteiger partial charge in [0.1, 0.15) is 0 Å². The largest absolute Gasteiger partial charge is 0.294 e. The molecule has 0 spiro atoms. The molecule has 1 aromatic heterocycles. The molecule has 5 nitrogen and oxygen atoms in total. The zero-order valence-electron chi connectivity index (χ0n) is 10.3. The Labute approximate surface area is 110 Å². The Kier molecular flexibility index (Phi) is 5.64. The number of halogens is 1. The summed E-state index contributed by atoms with van der Waals surface area (Å²) in [5, 5.41) is 4.43. The second kappa shape index (κ2) is 6.76. The normalized spacial score (nSPS) is 10.6. The number of aryl methyl sites for hydroxylation is 2. The summed E-state index contributed by atoms with van der Waals surface area (Å²) in [5.74, 6) is 4.90. The van der Waals surface area contributed by atoms with Crippen molar-refractivity contribution in [1.29, 1.82) is 0 Å². The van der Waals surface area contributed by atoms with Gasteiger partial charge in [0.25, 0.3) is 0 Å². The molecule has 1 rings (SSSR count). The van der Waals surface area contributed by atoms with Gasteiger partial charge in [-0.05, 0) is 42.6 Å². The Hall–Kier alpha value is -0.880. The topological polar surface area (TPSA) is 72.9 Å². The highest BCUT2D eigenvalue weighted by Gasteiger charge is 2.07. The van der Waals surface area contributed by atoms with Gasteiger partial charge in [0, 0.05) is 18.7 Å². The lowest BCUT2D eigenvalue weighted by Crippen LogP contribution is -2.29. The van der Waals surface area contributed by atoms with Gasteiger partial charge in [0.2, 0.25) is 5.91 Å². The number of nitrogens with one attached hydrogen (secondary N) is 1. The van der Waals surface area contributed by atoms with E-state index in [4.69, 9.17) is 5.84 Å². The Balaban J connectivity index is 2.27. The third kappa shape index (κ3) is 4.12. The third-order valence-electron chi connectivity index (χ3n) is 2.73. The molecule has 0 saturated carbocycles. The number of carbonyl (C=O) groups excluding carboxylic acids is 1. The fraction of sp³-hybridized carbons (Fsp3) is 0.636. The SMILES string of the molecule is Cc1nn(CCCCCC(=O)NN)c(C)c1Br. The summed E-state index contributed by atoms with van der Waals surface area (Å²) in [6.45, 7) is 4.92. The Bertz CT molecular complexity index is 389. The van der Waals surface area contributed by atoms with E-state index in [0.717, 1.165) is 41.7 Å². The number of nitrogens with two attached hydrogens (primary N) is 1. The van der Waals surface area contributed by atoms with Gasteiger partial charge in [0.05, 0.1) is 10.2 Å². The monoisotopic (exact) mass is 302 g/mol. The maximum absolute atomic E-state index is 10.9. The second-order valence-electron chi connectivity index (χ2n) is 4.09. The highest BCUT2D eigenvalue weighted by Crippen LogP contribution is 2.20. The number of unbranched alkanes of at least 4 members (excludes halogenated alkanes) is 2. The molecule has 1 amide bonds. The molecule has 0 fully saturated rings. The van der Waals surface area contributed by atoms with Gasteiger partial charge in [0.15, 0.2) is 0 Å².